The Morgan fingerprint density at radius 1 is 1.29 bits per heavy atom. The van der Waals surface area contributed by atoms with Crippen molar-refractivity contribution < 1.29 is 4.79 Å². The topological polar surface area (TPSA) is 42.9 Å². The molecule has 3 heteroatoms. The molecule has 1 aromatic heterocycles. The van der Waals surface area contributed by atoms with Crippen LogP contribution in [0.5, 0.6) is 0 Å². The van der Waals surface area contributed by atoms with Crippen LogP contribution in [0.4, 0.5) is 0 Å². The van der Waals surface area contributed by atoms with Gasteiger partial charge in [-0.1, -0.05) is 19.8 Å². The molecule has 3 nitrogen and oxygen atoms in total. The van der Waals surface area contributed by atoms with E-state index in [9.17, 15) is 4.79 Å². The van der Waals surface area contributed by atoms with E-state index >= 15 is 0 Å². The van der Waals surface area contributed by atoms with Crippen molar-refractivity contribution in [3.05, 3.63) is 23.8 Å². The molecule has 1 heterocycles. The lowest BCUT2D eigenvalue weighted by molar-refractivity contribution is 0.101. The highest BCUT2D eigenvalue weighted by atomic mass is 16.1. The van der Waals surface area contributed by atoms with Gasteiger partial charge in [-0.05, 0) is 12.8 Å². The molecule has 1 aromatic rings. The predicted octanol–water partition coefficient (Wildman–Crippen LogP) is 2.41. The van der Waals surface area contributed by atoms with Gasteiger partial charge < -0.3 is 0 Å². The van der Waals surface area contributed by atoms with E-state index in [1.165, 1.54) is 19.8 Å². The Kier molecular flexibility index (Phi) is 4.23. The van der Waals surface area contributed by atoms with E-state index < -0.39 is 0 Å². The lowest BCUT2D eigenvalue weighted by atomic mass is 10.1. The van der Waals surface area contributed by atoms with Crippen LogP contribution in [0.2, 0.25) is 0 Å². The number of unbranched alkanes of at least 4 members (excludes halogenated alkanes) is 2. The van der Waals surface area contributed by atoms with E-state index in [1.807, 2.05) is 0 Å². The van der Waals surface area contributed by atoms with Gasteiger partial charge in [0.1, 0.15) is 5.69 Å². The fourth-order valence-electron chi connectivity index (χ4n) is 1.39. The Morgan fingerprint density at radius 2 is 2.00 bits per heavy atom. The number of carbonyl (C=O) groups is 1. The first kappa shape index (κ1) is 10.8. The van der Waals surface area contributed by atoms with Crippen LogP contribution in [0.3, 0.4) is 0 Å². The van der Waals surface area contributed by atoms with Gasteiger partial charge in [0.05, 0.1) is 5.69 Å². The minimum atomic E-state index is 0.00426. The van der Waals surface area contributed by atoms with Crippen LogP contribution in [-0.2, 0) is 6.42 Å². The maximum atomic E-state index is 11.2. The van der Waals surface area contributed by atoms with Crippen LogP contribution in [0.1, 0.15) is 49.3 Å². The van der Waals surface area contributed by atoms with Crippen LogP contribution in [-0.4, -0.2) is 15.8 Å². The van der Waals surface area contributed by atoms with Crippen molar-refractivity contribution in [1.29, 1.82) is 0 Å². The lowest BCUT2D eigenvalue weighted by Crippen LogP contribution is -2.05. The summed E-state index contributed by atoms with van der Waals surface area (Å²) in [5.74, 6) is 0.00426. The number of nitrogens with zero attached hydrogens (tertiary/aromatic N) is 2. The lowest BCUT2D eigenvalue weighted by Gasteiger charge is -2.03. The minimum Gasteiger partial charge on any atom is -0.293 e. The van der Waals surface area contributed by atoms with Crippen molar-refractivity contribution >= 4 is 5.78 Å². The molecule has 1 rings (SSSR count). The number of aryl methyl sites for hydroxylation is 1. The number of hydrogen-bond donors (Lipinski definition) is 0. The molecule has 0 N–H and O–H groups in total. The molecule has 0 bridgehead atoms. The zero-order valence-corrected chi connectivity index (χ0v) is 8.79. The molecular formula is C11H16N2O. The first-order valence-corrected chi connectivity index (χ1v) is 5.06. The van der Waals surface area contributed by atoms with E-state index in [-0.39, 0.29) is 5.78 Å². The summed E-state index contributed by atoms with van der Waals surface area (Å²) in [4.78, 5) is 19.4. The number of carbonyl (C=O) groups excluding carboxylic acids is 1. The zero-order chi connectivity index (χ0) is 10.4. The van der Waals surface area contributed by atoms with Crippen molar-refractivity contribution in [2.45, 2.75) is 39.5 Å². The van der Waals surface area contributed by atoms with Crippen LogP contribution >= 0.6 is 0 Å². The van der Waals surface area contributed by atoms with E-state index in [1.54, 1.807) is 12.4 Å². The molecule has 0 atom stereocenters. The Labute approximate surface area is 84.6 Å². The second kappa shape index (κ2) is 5.47. The van der Waals surface area contributed by atoms with Gasteiger partial charge >= 0.3 is 0 Å². The zero-order valence-electron chi connectivity index (χ0n) is 8.79. The summed E-state index contributed by atoms with van der Waals surface area (Å²) in [7, 11) is 0. The van der Waals surface area contributed by atoms with Crippen molar-refractivity contribution in [2.75, 3.05) is 0 Å². The van der Waals surface area contributed by atoms with Crippen molar-refractivity contribution in [2.24, 2.45) is 0 Å². The van der Waals surface area contributed by atoms with Gasteiger partial charge in [0, 0.05) is 19.3 Å². The number of Topliss-reactive ketones (excluding diaryl/α,β-unsaturated/α-hetero) is 1. The third-order valence-corrected chi connectivity index (χ3v) is 2.12. The summed E-state index contributed by atoms with van der Waals surface area (Å²) >= 11 is 0. The first-order valence-electron chi connectivity index (χ1n) is 5.06. The predicted molar refractivity (Wildman–Crippen MR) is 55.3 cm³/mol. The average molecular weight is 192 g/mol. The van der Waals surface area contributed by atoms with Gasteiger partial charge in [-0.3, -0.25) is 9.78 Å². The Balaban J connectivity index is 2.69. The van der Waals surface area contributed by atoms with Crippen molar-refractivity contribution in [1.82, 2.24) is 9.97 Å². The van der Waals surface area contributed by atoms with Crippen LogP contribution in [0.15, 0.2) is 12.4 Å². The third-order valence-electron chi connectivity index (χ3n) is 2.12. The molecule has 0 fully saturated rings. The molecule has 14 heavy (non-hydrogen) atoms. The second-order valence-electron chi connectivity index (χ2n) is 3.36. The number of rotatable bonds is 5. The fraction of sp³-hybridized carbons (Fsp3) is 0.545. The molecule has 0 unspecified atom stereocenters. The van der Waals surface area contributed by atoms with Crippen LogP contribution in [0.25, 0.3) is 0 Å². The Bertz CT molecular complexity index is 310. The molecule has 0 radical (unpaired) electrons. The summed E-state index contributed by atoms with van der Waals surface area (Å²) in [6.07, 6.45) is 7.50. The van der Waals surface area contributed by atoms with Gasteiger partial charge in [-0.15, -0.1) is 0 Å². The highest BCUT2D eigenvalue weighted by Gasteiger charge is 2.08. The van der Waals surface area contributed by atoms with E-state index in [2.05, 4.69) is 16.9 Å². The van der Waals surface area contributed by atoms with Gasteiger partial charge in [0.15, 0.2) is 5.78 Å². The number of hydrogen-bond acceptors (Lipinski definition) is 3. The summed E-state index contributed by atoms with van der Waals surface area (Å²) in [5, 5.41) is 0. The minimum absolute atomic E-state index is 0.00426. The monoisotopic (exact) mass is 192 g/mol. The van der Waals surface area contributed by atoms with Gasteiger partial charge in [-0.25, -0.2) is 4.98 Å². The third kappa shape index (κ3) is 2.91. The maximum Gasteiger partial charge on any atom is 0.179 e. The van der Waals surface area contributed by atoms with Crippen molar-refractivity contribution in [3.63, 3.8) is 0 Å². The van der Waals surface area contributed by atoms with Crippen LogP contribution in [0, 0.1) is 0 Å². The molecule has 0 aliphatic heterocycles. The molecule has 0 aliphatic rings. The quantitative estimate of drug-likeness (QED) is 0.531. The molecule has 0 aromatic carbocycles. The standard InChI is InChI=1S/C11H16N2O/c1-3-4-5-6-10-11(9(2)14)13-8-7-12-10/h7-8H,3-6H2,1-2H3. The van der Waals surface area contributed by atoms with Crippen LogP contribution < -0.4 is 0 Å². The highest BCUT2D eigenvalue weighted by Crippen LogP contribution is 2.07. The summed E-state index contributed by atoms with van der Waals surface area (Å²) in [6, 6.07) is 0. The van der Waals surface area contributed by atoms with E-state index in [0.717, 1.165) is 18.5 Å². The molecular weight excluding hydrogens is 176 g/mol. The summed E-state index contributed by atoms with van der Waals surface area (Å²) in [6.45, 7) is 3.69. The van der Waals surface area contributed by atoms with E-state index in [4.69, 9.17) is 0 Å². The summed E-state index contributed by atoms with van der Waals surface area (Å²) < 4.78 is 0. The summed E-state index contributed by atoms with van der Waals surface area (Å²) in [5.41, 5.74) is 1.37. The maximum absolute atomic E-state index is 11.2. The Morgan fingerprint density at radius 3 is 2.64 bits per heavy atom. The normalized spacial score (nSPS) is 10.1. The van der Waals surface area contributed by atoms with Gasteiger partial charge in [0.2, 0.25) is 0 Å². The first-order chi connectivity index (χ1) is 6.75. The average Bonchev–Trinajstić information content (AvgIpc) is 2.19. The molecule has 0 saturated heterocycles. The number of aromatic nitrogens is 2. The molecule has 0 spiro atoms. The molecule has 0 amide bonds. The SMILES string of the molecule is CCCCCc1nccnc1C(C)=O. The van der Waals surface area contributed by atoms with E-state index in [0.29, 0.717) is 5.69 Å². The van der Waals surface area contributed by atoms with Crippen molar-refractivity contribution in [3.8, 4) is 0 Å². The molecule has 0 aliphatic carbocycles. The number of ketones is 1. The second-order valence-corrected chi connectivity index (χ2v) is 3.36. The smallest absolute Gasteiger partial charge is 0.179 e. The highest BCUT2D eigenvalue weighted by molar-refractivity contribution is 5.93. The fourth-order valence-corrected chi connectivity index (χ4v) is 1.39. The van der Waals surface area contributed by atoms with Gasteiger partial charge in [0.25, 0.3) is 0 Å². The van der Waals surface area contributed by atoms with Gasteiger partial charge in [-0.2, -0.15) is 0 Å². The Hall–Kier alpha value is -1.25. The largest absolute Gasteiger partial charge is 0.293 e. The molecule has 0 saturated carbocycles. The molecule has 76 valence electrons.